The minimum atomic E-state index is -0.160. The van der Waals surface area contributed by atoms with E-state index in [9.17, 15) is 4.79 Å². The van der Waals surface area contributed by atoms with Crippen molar-refractivity contribution in [2.45, 2.75) is 19.9 Å². The Bertz CT molecular complexity index is 904. The van der Waals surface area contributed by atoms with E-state index >= 15 is 0 Å². The number of carbonyl (C=O) groups excluding carboxylic acids is 1. The van der Waals surface area contributed by atoms with Crippen LogP contribution >= 0.6 is 11.3 Å². The van der Waals surface area contributed by atoms with E-state index in [0.29, 0.717) is 17.7 Å². The van der Waals surface area contributed by atoms with Gasteiger partial charge in [-0.25, -0.2) is 0 Å². The van der Waals surface area contributed by atoms with Crippen LogP contribution in [0.15, 0.2) is 47.8 Å². The number of hydrogen-bond donors (Lipinski definition) is 1. The van der Waals surface area contributed by atoms with Gasteiger partial charge in [0.05, 0.1) is 17.3 Å². The summed E-state index contributed by atoms with van der Waals surface area (Å²) in [6, 6.07) is 14.7. The fourth-order valence-electron chi connectivity index (χ4n) is 2.74. The largest absolute Gasteiger partial charge is 0.350 e. The number of nitrogens with zero attached hydrogens (tertiary/aromatic N) is 3. The number of nitrogens with one attached hydrogen (secondary N) is 1. The lowest BCUT2D eigenvalue weighted by molar-refractivity contribution is 0.0949. The summed E-state index contributed by atoms with van der Waals surface area (Å²) in [6.07, 6.45) is 0. The zero-order valence-corrected chi connectivity index (χ0v) is 14.9. The Morgan fingerprint density at radius 3 is 2.64 bits per heavy atom. The molecule has 1 aromatic carbocycles. The maximum Gasteiger partial charge on any atom is 0.251 e. The molecule has 0 fully saturated rings. The lowest BCUT2D eigenvalue weighted by atomic mass is 10.1. The number of benzene rings is 1. The Morgan fingerprint density at radius 2 is 2.08 bits per heavy atom. The summed E-state index contributed by atoms with van der Waals surface area (Å²) in [7, 11) is 0. The highest BCUT2D eigenvalue weighted by atomic mass is 32.1. The van der Waals surface area contributed by atoms with Gasteiger partial charge < -0.3 is 5.32 Å². The number of aryl methyl sites for hydroxylation is 2. The number of aromatic nitrogens is 2. The SMILES string of the molecule is Cc1cc(C)n(C(CNC(=O)c2ccc(C#N)cc2)c2cccs2)n1. The van der Waals surface area contributed by atoms with Gasteiger partial charge >= 0.3 is 0 Å². The second-order valence-corrected chi connectivity index (χ2v) is 6.78. The van der Waals surface area contributed by atoms with Crippen LogP contribution < -0.4 is 5.32 Å². The molecule has 3 rings (SSSR count). The van der Waals surface area contributed by atoms with Gasteiger partial charge in [0.2, 0.25) is 0 Å². The number of hydrogen-bond acceptors (Lipinski definition) is 4. The molecule has 0 aliphatic carbocycles. The Hall–Kier alpha value is -2.91. The molecule has 0 aliphatic rings. The molecule has 25 heavy (non-hydrogen) atoms. The van der Waals surface area contributed by atoms with E-state index in [2.05, 4.69) is 16.5 Å². The Labute approximate surface area is 150 Å². The third kappa shape index (κ3) is 3.78. The van der Waals surface area contributed by atoms with E-state index in [0.717, 1.165) is 16.3 Å². The summed E-state index contributed by atoms with van der Waals surface area (Å²) in [5.74, 6) is -0.160. The third-order valence-electron chi connectivity index (χ3n) is 3.94. The summed E-state index contributed by atoms with van der Waals surface area (Å²) in [6.45, 7) is 4.43. The molecular formula is C19H18N4OS. The molecule has 1 amide bonds. The molecule has 126 valence electrons. The van der Waals surface area contributed by atoms with Crippen LogP contribution in [0.5, 0.6) is 0 Å². The van der Waals surface area contributed by atoms with Crippen molar-refractivity contribution in [1.82, 2.24) is 15.1 Å². The van der Waals surface area contributed by atoms with Crippen LogP contribution in [-0.4, -0.2) is 22.2 Å². The molecule has 0 saturated heterocycles. The van der Waals surface area contributed by atoms with Crippen molar-refractivity contribution in [3.05, 3.63) is 75.2 Å². The highest BCUT2D eigenvalue weighted by molar-refractivity contribution is 7.10. The molecule has 6 heteroatoms. The molecule has 1 unspecified atom stereocenters. The molecule has 1 N–H and O–H groups in total. The summed E-state index contributed by atoms with van der Waals surface area (Å²) in [4.78, 5) is 13.6. The van der Waals surface area contributed by atoms with E-state index in [1.807, 2.05) is 42.1 Å². The molecule has 2 heterocycles. The predicted octanol–water partition coefficient (Wildman–Crippen LogP) is 3.45. The number of thiophene rings is 1. The van der Waals surface area contributed by atoms with Gasteiger partial charge in [-0.05, 0) is 55.6 Å². The number of nitriles is 1. The zero-order valence-electron chi connectivity index (χ0n) is 14.1. The first-order valence-electron chi connectivity index (χ1n) is 7.93. The van der Waals surface area contributed by atoms with Crippen LogP contribution in [0.25, 0.3) is 0 Å². The maximum absolute atomic E-state index is 12.4. The molecule has 3 aromatic rings. The van der Waals surface area contributed by atoms with Gasteiger partial charge in [-0.3, -0.25) is 9.48 Å². The first kappa shape index (κ1) is 16.9. The van der Waals surface area contributed by atoms with E-state index in [1.54, 1.807) is 35.6 Å². The van der Waals surface area contributed by atoms with Gasteiger partial charge in [-0.2, -0.15) is 10.4 Å². The van der Waals surface area contributed by atoms with E-state index < -0.39 is 0 Å². The molecule has 0 radical (unpaired) electrons. The van der Waals surface area contributed by atoms with Crippen molar-refractivity contribution >= 4 is 17.2 Å². The fraction of sp³-hybridized carbons (Fsp3) is 0.211. The summed E-state index contributed by atoms with van der Waals surface area (Å²) in [5, 5.41) is 18.4. The van der Waals surface area contributed by atoms with Crippen molar-refractivity contribution in [1.29, 1.82) is 5.26 Å². The van der Waals surface area contributed by atoms with Gasteiger partial charge in [0.15, 0.2) is 0 Å². The van der Waals surface area contributed by atoms with E-state index in [-0.39, 0.29) is 11.9 Å². The molecule has 0 saturated carbocycles. The number of rotatable bonds is 5. The standard InChI is InChI=1S/C19H18N4OS/c1-13-10-14(2)23(22-13)17(18-4-3-9-25-18)12-21-19(24)16-7-5-15(11-20)6-8-16/h3-10,17H,12H2,1-2H3,(H,21,24). The lowest BCUT2D eigenvalue weighted by Gasteiger charge is -2.19. The van der Waals surface area contributed by atoms with E-state index in [4.69, 9.17) is 5.26 Å². The second kappa shape index (κ2) is 7.32. The number of carbonyl (C=O) groups is 1. The van der Waals surface area contributed by atoms with Crippen LogP contribution in [0.1, 0.15) is 38.2 Å². The maximum atomic E-state index is 12.4. The molecule has 0 aliphatic heterocycles. The van der Waals surface area contributed by atoms with Crippen molar-refractivity contribution in [3.63, 3.8) is 0 Å². The first-order chi connectivity index (χ1) is 12.1. The number of amides is 1. The summed E-state index contributed by atoms with van der Waals surface area (Å²) < 4.78 is 1.96. The Kier molecular flexibility index (Phi) is 4.96. The Morgan fingerprint density at radius 1 is 1.32 bits per heavy atom. The molecule has 0 spiro atoms. The predicted molar refractivity (Wildman–Crippen MR) is 97.6 cm³/mol. The lowest BCUT2D eigenvalue weighted by Crippen LogP contribution is -2.31. The molecule has 1 atom stereocenters. The minimum Gasteiger partial charge on any atom is -0.350 e. The topological polar surface area (TPSA) is 70.7 Å². The van der Waals surface area contributed by atoms with Gasteiger partial charge in [0.25, 0.3) is 5.91 Å². The summed E-state index contributed by atoms with van der Waals surface area (Å²) >= 11 is 1.65. The Balaban J connectivity index is 1.78. The van der Waals surface area contributed by atoms with Gasteiger partial charge in [0, 0.05) is 22.7 Å². The van der Waals surface area contributed by atoms with Gasteiger partial charge in [-0.1, -0.05) is 6.07 Å². The minimum absolute atomic E-state index is 0.0453. The van der Waals surface area contributed by atoms with Crippen molar-refractivity contribution in [2.75, 3.05) is 6.54 Å². The van der Waals surface area contributed by atoms with Crippen molar-refractivity contribution in [3.8, 4) is 6.07 Å². The monoisotopic (exact) mass is 350 g/mol. The fourth-order valence-corrected chi connectivity index (χ4v) is 3.55. The van der Waals surface area contributed by atoms with Crippen LogP contribution in [0.3, 0.4) is 0 Å². The summed E-state index contributed by atoms with van der Waals surface area (Å²) in [5.41, 5.74) is 3.09. The molecule has 0 bridgehead atoms. The smallest absolute Gasteiger partial charge is 0.251 e. The van der Waals surface area contributed by atoms with E-state index in [1.165, 1.54) is 0 Å². The van der Waals surface area contributed by atoms with Crippen LogP contribution in [0, 0.1) is 25.2 Å². The van der Waals surface area contributed by atoms with Gasteiger partial charge in [-0.15, -0.1) is 11.3 Å². The molecule has 5 nitrogen and oxygen atoms in total. The first-order valence-corrected chi connectivity index (χ1v) is 8.81. The zero-order chi connectivity index (χ0) is 17.8. The highest BCUT2D eigenvalue weighted by Crippen LogP contribution is 2.24. The van der Waals surface area contributed by atoms with Gasteiger partial charge in [0.1, 0.15) is 6.04 Å². The highest BCUT2D eigenvalue weighted by Gasteiger charge is 2.19. The van der Waals surface area contributed by atoms with Crippen molar-refractivity contribution < 1.29 is 4.79 Å². The second-order valence-electron chi connectivity index (χ2n) is 5.80. The quantitative estimate of drug-likeness (QED) is 0.766. The normalized spacial score (nSPS) is 11.7. The van der Waals surface area contributed by atoms with Crippen molar-refractivity contribution in [2.24, 2.45) is 0 Å². The molecule has 2 aromatic heterocycles. The van der Waals surface area contributed by atoms with Crippen LogP contribution in [-0.2, 0) is 0 Å². The average molecular weight is 350 g/mol. The molecular weight excluding hydrogens is 332 g/mol. The third-order valence-corrected chi connectivity index (χ3v) is 4.92. The van der Waals surface area contributed by atoms with Crippen LogP contribution in [0.2, 0.25) is 0 Å². The van der Waals surface area contributed by atoms with Crippen LogP contribution in [0.4, 0.5) is 0 Å². The average Bonchev–Trinajstić information content (AvgIpc) is 3.25.